The topological polar surface area (TPSA) is 29.5 Å². The molecule has 46 heavy (non-hydrogen) atoms. The highest BCUT2D eigenvalue weighted by atomic mass is 32.1. The summed E-state index contributed by atoms with van der Waals surface area (Å²) in [6, 6.07) is 53.4. The lowest BCUT2D eigenvalue weighted by Crippen LogP contribution is -2.11. The molecule has 7 aromatic carbocycles. The largest absolute Gasteiger partial charge is 0.456 e. The predicted molar refractivity (Wildman–Crippen MR) is 194 cm³/mol. The van der Waals surface area contributed by atoms with Crippen molar-refractivity contribution in [3.05, 3.63) is 152 Å². The molecule has 3 nitrogen and oxygen atoms in total. The molecule has 216 valence electrons. The Morgan fingerprint density at radius 1 is 0.435 bits per heavy atom. The minimum Gasteiger partial charge on any atom is -0.456 e. The molecule has 0 aliphatic carbocycles. The van der Waals surface area contributed by atoms with Gasteiger partial charge in [-0.25, -0.2) is 0 Å². The van der Waals surface area contributed by atoms with Gasteiger partial charge in [-0.1, -0.05) is 91.0 Å². The smallest absolute Gasteiger partial charge is 0.145 e. The minimum atomic E-state index is 0.849. The second-order valence-corrected chi connectivity index (χ2v) is 12.7. The summed E-state index contributed by atoms with van der Waals surface area (Å²) in [6.45, 7) is 0. The van der Waals surface area contributed by atoms with Crippen molar-refractivity contribution in [2.75, 3.05) is 4.90 Å². The van der Waals surface area contributed by atoms with Crippen molar-refractivity contribution in [2.45, 2.75) is 0 Å². The molecule has 0 aliphatic rings. The maximum absolute atomic E-state index is 6.99. The third-order valence-electron chi connectivity index (χ3n) is 9.07. The van der Waals surface area contributed by atoms with E-state index in [1.807, 2.05) is 29.5 Å². The van der Waals surface area contributed by atoms with Crippen molar-refractivity contribution in [1.82, 2.24) is 0 Å². The first-order chi connectivity index (χ1) is 22.8. The SMILES string of the molecule is c1ccc(N(c2ccccc2)c2ccc3c(oc4ccc5oc6ccccc6c5c43)c2-c2cccc3c2sc2ccccc23)cc1. The second kappa shape index (κ2) is 9.83. The van der Waals surface area contributed by atoms with Gasteiger partial charge in [-0.05, 0) is 60.7 Å². The van der Waals surface area contributed by atoms with E-state index in [0.717, 1.165) is 72.1 Å². The van der Waals surface area contributed by atoms with Crippen LogP contribution >= 0.6 is 11.3 Å². The number of para-hydroxylation sites is 3. The van der Waals surface area contributed by atoms with Crippen LogP contribution in [0.2, 0.25) is 0 Å². The molecule has 0 unspecified atom stereocenters. The fourth-order valence-electron chi connectivity index (χ4n) is 7.11. The standard InChI is InChI=1S/C42H25NO2S/c1-3-12-26(13-4-1)43(27-14-5-2-6-15-27)33-23-22-31-40-36(25-24-35-39(40)30-17-7-9-20-34(30)44-35)45-41(31)38(33)32-19-11-18-29-28-16-8-10-21-37(28)46-42(29)32/h1-25H. The van der Waals surface area contributed by atoms with Gasteiger partial charge in [-0.3, -0.25) is 0 Å². The fourth-order valence-corrected chi connectivity index (χ4v) is 8.33. The van der Waals surface area contributed by atoms with Crippen molar-refractivity contribution in [2.24, 2.45) is 0 Å². The second-order valence-electron chi connectivity index (χ2n) is 11.6. The molecular weight excluding hydrogens is 583 g/mol. The van der Waals surface area contributed by atoms with Crippen molar-refractivity contribution < 1.29 is 8.83 Å². The third kappa shape index (κ3) is 3.65. The van der Waals surface area contributed by atoms with Crippen LogP contribution in [0, 0.1) is 0 Å². The fraction of sp³-hybridized carbons (Fsp3) is 0. The lowest BCUT2D eigenvalue weighted by atomic mass is 9.96. The highest BCUT2D eigenvalue weighted by Crippen LogP contribution is 2.51. The van der Waals surface area contributed by atoms with E-state index in [2.05, 4.69) is 138 Å². The summed E-state index contributed by atoms with van der Waals surface area (Å²) in [5.41, 5.74) is 8.91. The van der Waals surface area contributed by atoms with Crippen LogP contribution < -0.4 is 4.90 Å². The van der Waals surface area contributed by atoms with Crippen LogP contribution in [0.5, 0.6) is 0 Å². The first-order valence-corrected chi connectivity index (χ1v) is 16.3. The molecule has 3 heterocycles. The Balaban J connectivity index is 1.39. The van der Waals surface area contributed by atoms with Crippen molar-refractivity contribution in [3.8, 4) is 11.1 Å². The molecule has 0 radical (unpaired) electrons. The maximum atomic E-state index is 6.99. The quantitative estimate of drug-likeness (QED) is 0.199. The van der Waals surface area contributed by atoms with E-state index in [9.17, 15) is 0 Å². The Bertz CT molecular complexity index is 2710. The summed E-state index contributed by atoms with van der Waals surface area (Å²) in [4.78, 5) is 2.34. The van der Waals surface area contributed by atoms with Gasteiger partial charge in [0.1, 0.15) is 22.3 Å². The van der Waals surface area contributed by atoms with Gasteiger partial charge in [0, 0.05) is 58.7 Å². The molecule has 0 aliphatic heterocycles. The molecular formula is C42H25NO2S. The number of nitrogens with zero attached hydrogens (tertiary/aromatic N) is 1. The number of fused-ring (bicyclic) bond motifs is 10. The molecule has 0 atom stereocenters. The van der Waals surface area contributed by atoms with Crippen LogP contribution in [0.25, 0.3) is 75.2 Å². The first-order valence-electron chi connectivity index (χ1n) is 15.4. The lowest BCUT2D eigenvalue weighted by Gasteiger charge is -2.28. The number of benzene rings is 7. The summed E-state index contributed by atoms with van der Waals surface area (Å²) in [7, 11) is 0. The van der Waals surface area contributed by atoms with Crippen molar-refractivity contribution in [3.63, 3.8) is 0 Å². The molecule has 3 aromatic heterocycles. The molecule has 0 saturated heterocycles. The van der Waals surface area contributed by atoms with Crippen molar-refractivity contribution in [1.29, 1.82) is 0 Å². The van der Waals surface area contributed by atoms with Gasteiger partial charge in [0.15, 0.2) is 0 Å². The highest BCUT2D eigenvalue weighted by molar-refractivity contribution is 7.26. The Labute approximate surface area is 268 Å². The Morgan fingerprint density at radius 2 is 1.07 bits per heavy atom. The molecule has 0 N–H and O–H groups in total. The monoisotopic (exact) mass is 607 g/mol. The average molecular weight is 608 g/mol. The van der Waals surface area contributed by atoms with E-state index in [1.54, 1.807) is 0 Å². The number of thiophene rings is 1. The molecule has 0 bridgehead atoms. The van der Waals surface area contributed by atoms with Crippen LogP contribution in [0.4, 0.5) is 17.1 Å². The van der Waals surface area contributed by atoms with Gasteiger partial charge in [-0.15, -0.1) is 11.3 Å². The summed E-state index contributed by atoms with van der Waals surface area (Å²) in [5.74, 6) is 0. The minimum absolute atomic E-state index is 0.849. The normalized spacial score (nSPS) is 11.9. The van der Waals surface area contributed by atoms with E-state index in [1.165, 1.54) is 20.2 Å². The zero-order valence-electron chi connectivity index (χ0n) is 24.6. The zero-order chi connectivity index (χ0) is 30.2. The third-order valence-corrected chi connectivity index (χ3v) is 10.3. The Morgan fingerprint density at radius 3 is 1.85 bits per heavy atom. The maximum Gasteiger partial charge on any atom is 0.145 e. The molecule has 10 aromatic rings. The average Bonchev–Trinajstić information content (AvgIpc) is 3.80. The molecule has 4 heteroatoms. The van der Waals surface area contributed by atoms with Gasteiger partial charge in [-0.2, -0.15) is 0 Å². The van der Waals surface area contributed by atoms with Crippen LogP contribution in [0.15, 0.2) is 160 Å². The van der Waals surface area contributed by atoms with E-state index in [4.69, 9.17) is 8.83 Å². The molecule has 0 saturated carbocycles. The summed E-state index contributed by atoms with van der Waals surface area (Å²) in [5, 5.41) is 6.88. The van der Waals surface area contributed by atoms with E-state index in [0.29, 0.717) is 0 Å². The van der Waals surface area contributed by atoms with Gasteiger partial charge >= 0.3 is 0 Å². The van der Waals surface area contributed by atoms with Crippen LogP contribution in [0.3, 0.4) is 0 Å². The lowest BCUT2D eigenvalue weighted by molar-refractivity contribution is 0.663. The number of rotatable bonds is 4. The van der Waals surface area contributed by atoms with Crippen LogP contribution in [0.1, 0.15) is 0 Å². The first kappa shape index (κ1) is 25.5. The van der Waals surface area contributed by atoms with Crippen molar-refractivity contribution >= 4 is 92.4 Å². The van der Waals surface area contributed by atoms with Gasteiger partial charge in [0.2, 0.25) is 0 Å². The summed E-state index contributed by atoms with van der Waals surface area (Å²) in [6.07, 6.45) is 0. The summed E-state index contributed by atoms with van der Waals surface area (Å²) >= 11 is 1.84. The van der Waals surface area contributed by atoms with Gasteiger partial charge < -0.3 is 13.7 Å². The van der Waals surface area contributed by atoms with Gasteiger partial charge in [0.25, 0.3) is 0 Å². The molecule has 0 amide bonds. The van der Waals surface area contributed by atoms with Crippen LogP contribution in [-0.4, -0.2) is 0 Å². The molecule has 0 spiro atoms. The Hall–Kier alpha value is -5.84. The highest BCUT2D eigenvalue weighted by Gasteiger charge is 2.26. The molecule has 0 fully saturated rings. The Kier molecular flexibility index (Phi) is 5.45. The van der Waals surface area contributed by atoms with E-state index >= 15 is 0 Å². The molecule has 10 rings (SSSR count). The predicted octanol–water partition coefficient (Wildman–Crippen LogP) is 13.0. The number of hydrogen-bond donors (Lipinski definition) is 0. The zero-order valence-corrected chi connectivity index (χ0v) is 25.4. The van der Waals surface area contributed by atoms with E-state index < -0.39 is 0 Å². The summed E-state index contributed by atoms with van der Waals surface area (Å²) < 4.78 is 15.8. The number of hydrogen-bond acceptors (Lipinski definition) is 4. The van der Waals surface area contributed by atoms with E-state index in [-0.39, 0.29) is 0 Å². The van der Waals surface area contributed by atoms with Gasteiger partial charge in [0.05, 0.1) is 11.3 Å². The number of anilines is 3. The van der Waals surface area contributed by atoms with Crippen LogP contribution in [-0.2, 0) is 0 Å². The number of furan rings is 2.